The van der Waals surface area contributed by atoms with Crippen LogP contribution in [0.3, 0.4) is 0 Å². The monoisotopic (exact) mass is 266 g/mol. The van der Waals surface area contributed by atoms with Crippen LogP contribution in [-0.4, -0.2) is 11.0 Å². The van der Waals surface area contributed by atoms with Crippen LogP contribution >= 0.6 is 0 Å². The van der Waals surface area contributed by atoms with E-state index in [-0.39, 0.29) is 11.5 Å². The van der Waals surface area contributed by atoms with E-state index in [2.05, 4.69) is 55.2 Å². The summed E-state index contributed by atoms with van der Waals surface area (Å²) in [5, 5.41) is 1.20. The van der Waals surface area contributed by atoms with Gasteiger partial charge in [0.05, 0.1) is 5.52 Å². The first-order valence-electron chi connectivity index (χ1n) is 7.27. The molecular formula is C18H22N2. The van der Waals surface area contributed by atoms with Gasteiger partial charge in [0.15, 0.2) is 0 Å². The highest BCUT2D eigenvalue weighted by atomic mass is 14.7. The number of aryl methyl sites for hydroxylation is 1. The van der Waals surface area contributed by atoms with E-state index in [9.17, 15) is 0 Å². The van der Waals surface area contributed by atoms with E-state index in [1.807, 2.05) is 6.92 Å². The number of nitrogens with zero attached hydrogens (tertiary/aromatic N) is 1. The highest BCUT2D eigenvalue weighted by molar-refractivity contribution is 5.83. The molecule has 0 saturated carbocycles. The summed E-state index contributed by atoms with van der Waals surface area (Å²) in [6, 6.07) is 10.9. The van der Waals surface area contributed by atoms with Crippen molar-refractivity contribution in [2.45, 2.75) is 39.7 Å². The Morgan fingerprint density at radius 3 is 2.75 bits per heavy atom. The summed E-state index contributed by atoms with van der Waals surface area (Å²) in [5.74, 6) is 0. The van der Waals surface area contributed by atoms with Gasteiger partial charge >= 0.3 is 0 Å². The van der Waals surface area contributed by atoms with E-state index in [4.69, 9.17) is 5.73 Å². The average Bonchev–Trinajstić information content (AvgIpc) is 2.35. The molecule has 1 unspecified atom stereocenters. The second-order valence-electron chi connectivity index (χ2n) is 6.76. The van der Waals surface area contributed by atoms with Gasteiger partial charge in [-0.1, -0.05) is 32.1 Å². The molecule has 0 aliphatic heterocycles. The number of fused-ring (bicyclic) bond motifs is 1. The van der Waals surface area contributed by atoms with Crippen LogP contribution in [0.2, 0.25) is 0 Å². The first-order valence-corrected chi connectivity index (χ1v) is 7.27. The van der Waals surface area contributed by atoms with Crippen molar-refractivity contribution in [2.75, 3.05) is 0 Å². The highest BCUT2D eigenvalue weighted by Gasteiger charge is 2.27. The minimum Gasteiger partial charge on any atom is -0.324 e. The molecule has 0 fully saturated rings. The number of rotatable bonds is 1. The molecule has 2 aromatic rings. The van der Waals surface area contributed by atoms with Crippen molar-refractivity contribution in [3.8, 4) is 0 Å². The van der Waals surface area contributed by atoms with Gasteiger partial charge in [-0.25, -0.2) is 0 Å². The van der Waals surface area contributed by atoms with Gasteiger partial charge in [-0.15, -0.1) is 0 Å². The fourth-order valence-corrected chi connectivity index (χ4v) is 3.23. The molecule has 2 N–H and O–H groups in total. The quantitative estimate of drug-likeness (QED) is 0.845. The summed E-state index contributed by atoms with van der Waals surface area (Å²) in [4.78, 5) is 4.56. The molecule has 0 spiro atoms. The number of benzene rings is 1. The first-order chi connectivity index (χ1) is 9.43. The molecule has 1 aromatic heterocycles. The maximum atomic E-state index is 6.18. The third-order valence-corrected chi connectivity index (χ3v) is 4.07. The molecule has 1 aliphatic carbocycles. The normalized spacial score (nSPS) is 21.8. The lowest BCUT2D eigenvalue weighted by atomic mass is 9.74. The van der Waals surface area contributed by atoms with Crippen LogP contribution in [0.25, 0.3) is 16.5 Å². The molecule has 0 saturated heterocycles. The third-order valence-electron chi connectivity index (χ3n) is 4.07. The van der Waals surface area contributed by atoms with Gasteiger partial charge in [-0.3, -0.25) is 4.98 Å². The average molecular weight is 266 g/mol. The van der Waals surface area contributed by atoms with Gasteiger partial charge in [-0.05, 0) is 54.5 Å². The molecule has 0 bridgehead atoms. The number of nitrogens with two attached hydrogens (primary N) is 1. The van der Waals surface area contributed by atoms with E-state index in [0.717, 1.165) is 24.1 Å². The molecule has 1 heterocycles. The van der Waals surface area contributed by atoms with E-state index in [1.54, 1.807) is 0 Å². The van der Waals surface area contributed by atoms with Crippen molar-refractivity contribution < 1.29 is 0 Å². The predicted molar refractivity (Wildman–Crippen MR) is 85.4 cm³/mol. The number of aromatic nitrogens is 1. The standard InChI is InChI=1S/C18H22N2/c1-12-4-5-14-8-13(6-7-17(14)20-12)15-9-16(19)11-18(2,3)10-15/h4-9,16H,10-11,19H2,1-3H3. The van der Waals surface area contributed by atoms with E-state index in [0.29, 0.717) is 0 Å². The predicted octanol–water partition coefficient (Wildman–Crippen LogP) is 4.07. The molecule has 2 nitrogen and oxygen atoms in total. The van der Waals surface area contributed by atoms with Crippen LogP contribution in [0.4, 0.5) is 0 Å². The number of pyridine rings is 1. The van der Waals surface area contributed by atoms with Gasteiger partial charge in [-0.2, -0.15) is 0 Å². The molecule has 0 radical (unpaired) electrons. The van der Waals surface area contributed by atoms with E-state index in [1.165, 1.54) is 16.5 Å². The molecular weight excluding hydrogens is 244 g/mol. The summed E-state index contributed by atoms with van der Waals surface area (Å²) >= 11 is 0. The molecule has 1 aromatic carbocycles. The zero-order valence-corrected chi connectivity index (χ0v) is 12.5. The molecule has 0 amide bonds. The Hall–Kier alpha value is -1.67. The van der Waals surface area contributed by atoms with Crippen molar-refractivity contribution in [1.29, 1.82) is 0 Å². The van der Waals surface area contributed by atoms with Crippen molar-refractivity contribution in [3.05, 3.63) is 47.7 Å². The second kappa shape index (κ2) is 4.71. The Labute approximate surface area is 120 Å². The molecule has 104 valence electrons. The lowest BCUT2D eigenvalue weighted by molar-refractivity contribution is 0.319. The van der Waals surface area contributed by atoms with Crippen molar-refractivity contribution in [3.63, 3.8) is 0 Å². The van der Waals surface area contributed by atoms with Gasteiger partial charge in [0.25, 0.3) is 0 Å². The maximum Gasteiger partial charge on any atom is 0.0705 e. The van der Waals surface area contributed by atoms with Gasteiger partial charge < -0.3 is 5.73 Å². The van der Waals surface area contributed by atoms with E-state index >= 15 is 0 Å². The van der Waals surface area contributed by atoms with Crippen LogP contribution < -0.4 is 5.73 Å². The fourth-order valence-electron chi connectivity index (χ4n) is 3.23. The van der Waals surface area contributed by atoms with Crippen molar-refractivity contribution >= 4 is 16.5 Å². The summed E-state index contributed by atoms with van der Waals surface area (Å²) in [5.41, 5.74) is 11.2. The number of allylic oxidation sites excluding steroid dienone is 1. The summed E-state index contributed by atoms with van der Waals surface area (Å²) in [6.07, 6.45) is 4.38. The van der Waals surface area contributed by atoms with E-state index < -0.39 is 0 Å². The van der Waals surface area contributed by atoms with Crippen molar-refractivity contribution in [2.24, 2.45) is 11.1 Å². The van der Waals surface area contributed by atoms with Crippen LogP contribution in [0.1, 0.15) is 37.9 Å². The second-order valence-corrected chi connectivity index (χ2v) is 6.76. The van der Waals surface area contributed by atoms with Crippen LogP contribution in [0.15, 0.2) is 36.4 Å². The SMILES string of the molecule is Cc1ccc2cc(C3=CC(N)CC(C)(C)C3)ccc2n1. The maximum absolute atomic E-state index is 6.18. The lowest BCUT2D eigenvalue weighted by Gasteiger charge is -2.33. The smallest absolute Gasteiger partial charge is 0.0705 e. The van der Waals surface area contributed by atoms with Gasteiger partial charge in [0.1, 0.15) is 0 Å². The molecule has 1 aliphatic rings. The summed E-state index contributed by atoms with van der Waals surface area (Å²) in [7, 11) is 0. The molecule has 20 heavy (non-hydrogen) atoms. The van der Waals surface area contributed by atoms with Crippen LogP contribution in [-0.2, 0) is 0 Å². The Morgan fingerprint density at radius 2 is 2.00 bits per heavy atom. The minimum atomic E-state index is 0.167. The Morgan fingerprint density at radius 1 is 1.20 bits per heavy atom. The lowest BCUT2D eigenvalue weighted by Crippen LogP contribution is -2.30. The zero-order valence-electron chi connectivity index (χ0n) is 12.5. The van der Waals surface area contributed by atoms with Crippen molar-refractivity contribution in [1.82, 2.24) is 4.98 Å². The fraction of sp³-hybridized carbons (Fsp3) is 0.389. The number of hydrogen-bond donors (Lipinski definition) is 1. The number of hydrogen-bond acceptors (Lipinski definition) is 2. The summed E-state index contributed by atoms with van der Waals surface area (Å²) < 4.78 is 0. The largest absolute Gasteiger partial charge is 0.324 e. The van der Waals surface area contributed by atoms with Gasteiger partial charge in [0, 0.05) is 17.1 Å². The molecule has 2 heteroatoms. The zero-order chi connectivity index (χ0) is 14.3. The first kappa shape index (κ1) is 13.3. The highest BCUT2D eigenvalue weighted by Crippen LogP contribution is 2.39. The van der Waals surface area contributed by atoms with Gasteiger partial charge in [0.2, 0.25) is 0 Å². The van der Waals surface area contributed by atoms with Crippen LogP contribution in [0.5, 0.6) is 0 Å². The summed E-state index contributed by atoms with van der Waals surface area (Å²) in [6.45, 7) is 6.62. The Kier molecular flexibility index (Phi) is 3.14. The topological polar surface area (TPSA) is 38.9 Å². The Bertz CT molecular complexity index is 683. The Balaban J connectivity index is 2.04. The molecule has 1 atom stereocenters. The molecule has 3 rings (SSSR count). The van der Waals surface area contributed by atoms with Crippen LogP contribution in [0, 0.1) is 12.3 Å². The third kappa shape index (κ3) is 2.61. The minimum absolute atomic E-state index is 0.167.